The topological polar surface area (TPSA) is 73.9 Å². The number of methoxy groups -OCH3 is 1. The first-order chi connectivity index (χ1) is 11.4. The van der Waals surface area contributed by atoms with Gasteiger partial charge in [0.25, 0.3) is 0 Å². The Bertz CT molecular complexity index is 646. The number of urea groups is 1. The second-order valence-corrected chi connectivity index (χ2v) is 6.80. The van der Waals surface area contributed by atoms with Crippen LogP contribution in [0.5, 0.6) is 5.75 Å². The number of ether oxygens (including phenoxy) is 1. The fraction of sp³-hybridized carbons (Fsp3) is 0.529. The van der Waals surface area contributed by atoms with E-state index in [1.54, 1.807) is 7.11 Å². The van der Waals surface area contributed by atoms with Crippen LogP contribution in [0.25, 0.3) is 0 Å². The predicted octanol–water partition coefficient (Wildman–Crippen LogP) is 0.804. The number of nitrogens with one attached hydrogen (secondary N) is 2. The van der Waals surface area contributed by atoms with Crippen LogP contribution in [0.2, 0.25) is 0 Å². The average Bonchev–Trinajstić information content (AvgIpc) is 2.99. The molecule has 2 aliphatic rings. The molecule has 0 unspecified atom stereocenters. The van der Waals surface area contributed by atoms with Gasteiger partial charge in [-0.15, -0.1) is 0 Å². The number of carbonyl (C=O) groups excluding carboxylic acids is 2. The van der Waals surface area contributed by atoms with Crippen molar-refractivity contribution in [3.63, 3.8) is 0 Å². The molecule has 0 aliphatic carbocycles. The Morgan fingerprint density at radius 2 is 2.04 bits per heavy atom. The van der Waals surface area contributed by atoms with Crippen LogP contribution < -0.4 is 20.3 Å². The Morgan fingerprint density at radius 3 is 2.67 bits per heavy atom. The van der Waals surface area contributed by atoms with Crippen LogP contribution in [0.15, 0.2) is 24.3 Å². The van der Waals surface area contributed by atoms with Gasteiger partial charge in [-0.05, 0) is 26.0 Å². The van der Waals surface area contributed by atoms with Crippen molar-refractivity contribution in [2.45, 2.75) is 25.4 Å². The minimum Gasteiger partial charge on any atom is -0.495 e. The highest BCUT2D eigenvalue weighted by Gasteiger charge is 2.39. The molecule has 0 saturated carbocycles. The number of para-hydroxylation sites is 2. The number of amides is 3. The minimum absolute atomic E-state index is 0.0268. The molecule has 1 atom stereocenters. The highest BCUT2D eigenvalue weighted by atomic mass is 16.5. The second-order valence-electron chi connectivity index (χ2n) is 6.80. The van der Waals surface area contributed by atoms with Gasteiger partial charge >= 0.3 is 6.03 Å². The first-order valence-corrected chi connectivity index (χ1v) is 8.16. The molecule has 24 heavy (non-hydrogen) atoms. The van der Waals surface area contributed by atoms with Gasteiger partial charge in [-0.25, -0.2) is 4.79 Å². The van der Waals surface area contributed by atoms with Crippen molar-refractivity contribution in [3.05, 3.63) is 24.3 Å². The van der Waals surface area contributed by atoms with Crippen molar-refractivity contribution in [2.75, 3.05) is 38.2 Å². The monoisotopic (exact) mass is 332 g/mol. The standard InChI is InChI=1S/C17H24N4O3/c1-17(2)11-20(15(22)12-10-18-16(23)19-12)8-9-21(17)13-6-4-5-7-14(13)24-3/h4-7,12H,8-11H2,1-3H3,(H2,18,19,23)/t12-/m0/s1. The van der Waals surface area contributed by atoms with E-state index in [1.165, 1.54) is 0 Å². The third kappa shape index (κ3) is 2.98. The normalized spacial score (nSPS) is 22.8. The zero-order chi connectivity index (χ0) is 17.3. The number of benzene rings is 1. The largest absolute Gasteiger partial charge is 0.495 e. The first kappa shape index (κ1) is 16.4. The van der Waals surface area contributed by atoms with E-state index in [4.69, 9.17) is 4.74 Å². The van der Waals surface area contributed by atoms with Crippen LogP contribution in [0.4, 0.5) is 10.5 Å². The van der Waals surface area contributed by atoms with Crippen LogP contribution in [-0.2, 0) is 4.79 Å². The molecule has 0 aromatic heterocycles. The number of nitrogens with zero attached hydrogens (tertiary/aromatic N) is 2. The van der Waals surface area contributed by atoms with Crippen molar-refractivity contribution in [2.24, 2.45) is 0 Å². The number of rotatable bonds is 3. The molecule has 7 nitrogen and oxygen atoms in total. The summed E-state index contributed by atoms with van der Waals surface area (Å²) in [5.41, 5.74) is 0.798. The lowest BCUT2D eigenvalue weighted by Crippen LogP contribution is -2.62. The van der Waals surface area contributed by atoms with E-state index in [0.29, 0.717) is 26.2 Å². The lowest BCUT2D eigenvalue weighted by molar-refractivity contribution is -0.134. The maximum Gasteiger partial charge on any atom is 0.315 e. The SMILES string of the molecule is COc1ccccc1N1CCN(C(=O)[C@@H]2CNC(=O)N2)CC1(C)C. The summed E-state index contributed by atoms with van der Waals surface area (Å²) in [6, 6.07) is 7.18. The van der Waals surface area contributed by atoms with Gasteiger partial charge in [-0.2, -0.15) is 0 Å². The molecule has 2 saturated heterocycles. The van der Waals surface area contributed by atoms with Crippen molar-refractivity contribution in [3.8, 4) is 5.75 Å². The quantitative estimate of drug-likeness (QED) is 0.859. The number of hydrogen-bond donors (Lipinski definition) is 2. The van der Waals surface area contributed by atoms with E-state index in [-0.39, 0.29) is 17.5 Å². The summed E-state index contributed by atoms with van der Waals surface area (Å²) in [7, 11) is 1.67. The van der Waals surface area contributed by atoms with Crippen molar-refractivity contribution in [1.29, 1.82) is 0 Å². The third-order valence-electron chi connectivity index (χ3n) is 4.66. The molecule has 130 valence electrons. The van der Waals surface area contributed by atoms with Crippen LogP contribution in [0, 0.1) is 0 Å². The molecule has 2 N–H and O–H groups in total. The van der Waals surface area contributed by atoms with Gasteiger partial charge in [0.05, 0.1) is 18.3 Å². The van der Waals surface area contributed by atoms with E-state index < -0.39 is 6.04 Å². The van der Waals surface area contributed by atoms with Crippen LogP contribution in [0.3, 0.4) is 0 Å². The molecular weight excluding hydrogens is 308 g/mol. The lowest BCUT2D eigenvalue weighted by Gasteiger charge is -2.49. The summed E-state index contributed by atoms with van der Waals surface area (Å²) in [6.45, 7) is 6.51. The summed E-state index contributed by atoms with van der Waals surface area (Å²) in [6.07, 6.45) is 0. The maximum atomic E-state index is 12.6. The second kappa shape index (κ2) is 6.22. The van der Waals surface area contributed by atoms with E-state index in [1.807, 2.05) is 29.2 Å². The van der Waals surface area contributed by atoms with Gasteiger partial charge < -0.3 is 25.2 Å². The molecule has 2 heterocycles. The van der Waals surface area contributed by atoms with Gasteiger partial charge in [0.2, 0.25) is 5.91 Å². The molecule has 3 rings (SSSR count). The van der Waals surface area contributed by atoms with Gasteiger partial charge in [0.15, 0.2) is 0 Å². The first-order valence-electron chi connectivity index (χ1n) is 8.16. The van der Waals surface area contributed by atoms with E-state index in [9.17, 15) is 9.59 Å². The summed E-state index contributed by atoms with van der Waals surface area (Å²) in [5.74, 6) is 0.804. The van der Waals surface area contributed by atoms with Gasteiger partial charge in [0.1, 0.15) is 11.8 Å². The Hall–Kier alpha value is -2.44. The molecule has 2 aliphatic heterocycles. The number of hydrogen-bond acceptors (Lipinski definition) is 4. The summed E-state index contributed by atoms with van der Waals surface area (Å²) in [5, 5.41) is 5.30. The predicted molar refractivity (Wildman–Crippen MR) is 91.3 cm³/mol. The maximum absolute atomic E-state index is 12.6. The van der Waals surface area contributed by atoms with E-state index in [2.05, 4.69) is 29.4 Å². The number of carbonyl (C=O) groups is 2. The van der Waals surface area contributed by atoms with Crippen LogP contribution >= 0.6 is 0 Å². The number of anilines is 1. The van der Waals surface area contributed by atoms with Crippen LogP contribution in [-0.4, -0.2) is 61.7 Å². The minimum atomic E-state index is -0.467. The van der Waals surface area contributed by atoms with Gasteiger partial charge in [-0.1, -0.05) is 12.1 Å². The van der Waals surface area contributed by atoms with E-state index >= 15 is 0 Å². The van der Waals surface area contributed by atoms with Crippen molar-refractivity contribution >= 4 is 17.6 Å². The third-order valence-corrected chi connectivity index (χ3v) is 4.66. The van der Waals surface area contributed by atoms with Crippen molar-refractivity contribution in [1.82, 2.24) is 15.5 Å². The highest BCUT2D eigenvalue weighted by molar-refractivity contribution is 5.90. The Balaban J connectivity index is 1.75. The molecule has 1 aromatic carbocycles. The lowest BCUT2D eigenvalue weighted by atomic mass is 9.97. The Labute approximate surface area is 141 Å². The van der Waals surface area contributed by atoms with Gasteiger partial charge in [-0.3, -0.25) is 4.79 Å². The fourth-order valence-corrected chi connectivity index (χ4v) is 3.47. The number of piperazine rings is 1. The summed E-state index contributed by atoms with van der Waals surface area (Å²) >= 11 is 0. The summed E-state index contributed by atoms with van der Waals surface area (Å²) < 4.78 is 5.48. The Kier molecular flexibility index (Phi) is 4.26. The molecule has 0 bridgehead atoms. The fourth-order valence-electron chi connectivity index (χ4n) is 3.47. The van der Waals surface area contributed by atoms with E-state index in [0.717, 1.165) is 11.4 Å². The molecule has 7 heteroatoms. The molecule has 0 radical (unpaired) electrons. The smallest absolute Gasteiger partial charge is 0.315 e. The molecule has 3 amide bonds. The molecule has 0 spiro atoms. The Morgan fingerprint density at radius 1 is 1.29 bits per heavy atom. The van der Waals surface area contributed by atoms with Gasteiger partial charge in [0, 0.05) is 26.2 Å². The average molecular weight is 332 g/mol. The molecular formula is C17H24N4O3. The zero-order valence-corrected chi connectivity index (χ0v) is 14.3. The highest BCUT2D eigenvalue weighted by Crippen LogP contribution is 2.34. The summed E-state index contributed by atoms with van der Waals surface area (Å²) in [4.78, 5) is 28.0. The molecule has 2 fully saturated rings. The van der Waals surface area contributed by atoms with Crippen LogP contribution in [0.1, 0.15) is 13.8 Å². The van der Waals surface area contributed by atoms with Crippen molar-refractivity contribution < 1.29 is 14.3 Å². The molecule has 1 aromatic rings. The zero-order valence-electron chi connectivity index (χ0n) is 14.3.